The summed E-state index contributed by atoms with van der Waals surface area (Å²) in [4.78, 5) is 50.6. The van der Waals surface area contributed by atoms with Crippen molar-refractivity contribution in [3.05, 3.63) is 75.7 Å². The number of aromatic amines is 1. The Balaban J connectivity index is 1.46. The van der Waals surface area contributed by atoms with E-state index in [4.69, 9.17) is 4.42 Å². The van der Waals surface area contributed by atoms with Crippen LogP contribution in [0.3, 0.4) is 0 Å². The van der Waals surface area contributed by atoms with Crippen LogP contribution < -0.4 is 10.9 Å². The Kier molecular flexibility index (Phi) is 6.13. The van der Waals surface area contributed by atoms with Gasteiger partial charge < -0.3 is 14.3 Å². The molecule has 4 rings (SSSR count). The van der Waals surface area contributed by atoms with Crippen molar-refractivity contribution in [1.29, 1.82) is 0 Å². The number of rotatable bonds is 7. The molecular formula is C22H21N5O4S. The largest absolute Gasteiger partial charge is 0.459 e. The van der Waals surface area contributed by atoms with Gasteiger partial charge in [-0.1, -0.05) is 12.1 Å². The number of para-hydroxylation sites is 1. The SMILES string of the molecule is CC(C)N(Cc1nc2ccccc2c(=O)[nH]1)C(=O)Cc1csc(NC(=O)c2ccco2)n1. The van der Waals surface area contributed by atoms with E-state index in [1.165, 1.54) is 17.6 Å². The zero-order chi connectivity index (χ0) is 22.7. The maximum atomic E-state index is 13.0. The Labute approximate surface area is 187 Å². The normalized spacial score (nSPS) is 11.1. The predicted octanol–water partition coefficient (Wildman–Crippen LogP) is 3.20. The fourth-order valence-corrected chi connectivity index (χ4v) is 3.90. The third-order valence-electron chi connectivity index (χ3n) is 4.78. The highest BCUT2D eigenvalue weighted by atomic mass is 32.1. The van der Waals surface area contributed by atoms with Crippen molar-refractivity contribution in [2.45, 2.75) is 32.9 Å². The first-order valence-corrected chi connectivity index (χ1v) is 10.9. The van der Waals surface area contributed by atoms with Gasteiger partial charge in [0.15, 0.2) is 10.9 Å². The average molecular weight is 452 g/mol. The van der Waals surface area contributed by atoms with E-state index in [-0.39, 0.29) is 36.2 Å². The summed E-state index contributed by atoms with van der Waals surface area (Å²) in [7, 11) is 0. The van der Waals surface area contributed by atoms with Crippen molar-refractivity contribution in [3.63, 3.8) is 0 Å². The lowest BCUT2D eigenvalue weighted by atomic mass is 10.2. The minimum Gasteiger partial charge on any atom is -0.459 e. The van der Waals surface area contributed by atoms with Crippen LogP contribution in [-0.2, 0) is 17.8 Å². The van der Waals surface area contributed by atoms with Crippen LogP contribution in [0.15, 0.2) is 57.3 Å². The number of benzene rings is 1. The standard InChI is InChI=1S/C22H21N5O4S/c1-13(2)27(11-18-24-16-7-4-3-6-15(16)20(29)25-18)19(28)10-14-12-32-22(23-14)26-21(30)17-8-5-9-31-17/h3-9,12-13H,10-11H2,1-2H3,(H,23,26,30)(H,24,25,29). The molecule has 32 heavy (non-hydrogen) atoms. The minimum absolute atomic E-state index is 0.0586. The van der Waals surface area contributed by atoms with Gasteiger partial charge in [-0.05, 0) is 38.1 Å². The molecule has 0 spiro atoms. The maximum Gasteiger partial charge on any atom is 0.293 e. The average Bonchev–Trinajstić information content (AvgIpc) is 3.44. The van der Waals surface area contributed by atoms with Crippen molar-refractivity contribution in [2.24, 2.45) is 0 Å². The summed E-state index contributed by atoms with van der Waals surface area (Å²) in [6.07, 6.45) is 1.47. The van der Waals surface area contributed by atoms with E-state index in [2.05, 4.69) is 20.3 Å². The number of nitrogens with one attached hydrogen (secondary N) is 2. The first-order valence-electron chi connectivity index (χ1n) is 9.97. The molecule has 1 aromatic carbocycles. The predicted molar refractivity (Wildman–Crippen MR) is 121 cm³/mol. The molecule has 4 aromatic rings. The number of amides is 2. The Morgan fingerprint density at radius 2 is 2.00 bits per heavy atom. The number of fused-ring (bicyclic) bond motifs is 1. The van der Waals surface area contributed by atoms with Crippen LogP contribution in [0, 0.1) is 0 Å². The fourth-order valence-electron chi connectivity index (χ4n) is 3.20. The van der Waals surface area contributed by atoms with Crippen molar-refractivity contribution in [2.75, 3.05) is 5.32 Å². The van der Waals surface area contributed by atoms with Gasteiger partial charge in [0.2, 0.25) is 5.91 Å². The van der Waals surface area contributed by atoms with Gasteiger partial charge in [0.1, 0.15) is 5.82 Å². The van der Waals surface area contributed by atoms with Crippen LogP contribution in [0.25, 0.3) is 10.9 Å². The summed E-state index contributed by atoms with van der Waals surface area (Å²) in [5.74, 6) is 0.0310. The van der Waals surface area contributed by atoms with Gasteiger partial charge in [-0.2, -0.15) is 0 Å². The number of carbonyl (C=O) groups excluding carboxylic acids is 2. The Bertz CT molecular complexity index is 1310. The van der Waals surface area contributed by atoms with Gasteiger partial charge in [0.25, 0.3) is 11.5 Å². The van der Waals surface area contributed by atoms with Crippen molar-refractivity contribution in [1.82, 2.24) is 19.9 Å². The Hall–Kier alpha value is -3.79. The van der Waals surface area contributed by atoms with E-state index in [0.717, 1.165) is 0 Å². The molecule has 3 aromatic heterocycles. The summed E-state index contributed by atoms with van der Waals surface area (Å²) in [5, 5.41) is 5.26. The number of carbonyl (C=O) groups is 2. The van der Waals surface area contributed by atoms with Gasteiger partial charge in [0.05, 0.1) is 35.8 Å². The van der Waals surface area contributed by atoms with Crippen molar-refractivity contribution in [3.8, 4) is 0 Å². The smallest absolute Gasteiger partial charge is 0.293 e. The van der Waals surface area contributed by atoms with Crippen molar-refractivity contribution < 1.29 is 14.0 Å². The third-order valence-corrected chi connectivity index (χ3v) is 5.58. The molecule has 0 aliphatic rings. The van der Waals surface area contributed by atoms with Gasteiger partial charge in [-0.25, -0.2) is 9.97 Å². The van der Waals surface area contributed by atoms with Crippen LogP contribution in [-0.4, -0.2) is 37.7 Å². The molecule has 0 unspecified atom stereocenters. The van der Waals surface area contributed by atoms with Gasteiger partial charge in [-0.3, -0.25) is 19.7 Å². The maximum absolute atomic E-state index is 13.0. The first kappa shape index (κ1) is 21.4. The van der Waals surface area contributed by atoms with Crippen LogP contribution in [0.4, 0.5) is 5.13 Å². The summed E-state index contributed by atoms with van der Waals surface area (Å²) in [6.45, 7) is 3.96. The molecule has 3 heterocycles. The summed E-state index contributed by atoms with van der Waals surface area (Å²) < 4.78 is 5.06. The summed E-state index contributed by atoms with van der Waals surface area (Å²) in [5.41, 5.74) is 0.886. The molecule has 2 N–H and O–H groups in total. The molecule has 164 valence electrons. The topological polar surface area (TPSA) is 121 Å². The molecule has 0 fully saturated rings. The molecule has 0 bridgehead atoms. The summed E-state index contributed by atoms with van der Waals surface area (Å²) in [6, 6.07) is 10.1. The number of aromatic nitrogens is 3. The zero-order valence-corrected chi connectivity index (χ0v) is 18.3. The molecule has 0 radical (unpaired) electrons. The number of hydrogen-bond donors (Lipinski definition) is 2. The number of nitrogens with zero attached hydrogens (tertiary/aromatic N) is 3. The second-order valence-electron chi connectivity index (χ2n) is 7.40. The number of anilines is 1. The van der Waals surface area contributed by atoms with Crippen LogP contribution in [0.2, 0.25) is 0 Å². The number of thiazole rings is 1. The van der Waals surface area contributed by atoms with Crippen LogP contribution >= 0.6 is 11.3 Å². The van der Waals surface area contributed by atoms with Gasteiger partial charge >= 0.3 is 0 Å². The van der Waals surface area contributed by atoms with Gasteiger partial charge in [0, 0.05) is 11.4 Å². The van der Waals surface area contributed by atoms with E-state index in [9.17, 15) is 14.4 Å². The summed E-state index contributed by atoms with van der Waals surface area (Å²) >= 11 is 1.23. The van der Waals surface area contributed by atoms with Crippen LogP contribution in [0.1, 0.15) is 35.9 Å². The van der Waals surface area contributed by atoms with Crippen LogP contribution in [0.5, 0.6) is 0 Å². The quantitative estimate of drug-likeness (QED) is 0.445. The number of H-pyrrole nitrogens is 1. The molecule has 0 saturated heterocycles. The lowest BCUT2D eigenvalue weighted by Crippen LogP contribution is -2.38. The third kappa shape index (κ3) is 4.75. The van der Waals surface area contributed by atoms with Crippen molar-refractivity contribution >= 4 is 39.2 Å². The Morgan fingerprint density at radius 1 is 1.19 bits per heavy atom. The first-order chi connectivity index (χ1) is 15.4. The molecule has 0 atom stereocenters. The van der Waals surface area contributed by atoms with E-state index in [1.54, 1.807) is 40.6 Å². The molecule has 2 amide bonds. The molecule has 0 saturated carbocycles. The number of furan rings is 1. The Morgan fingerprint density at radius 3 is 2.75 bits per heavy atom. The highest BCUT2D eigenvalue weighted by Crippen LogP contribution is 2.18. The number of hydrogen-bond acceptors (Lipinski definition) is 7. The molecule has 9 nitrogen and oxygen atoms in total. The molecule has 0 aliphatic carbocycles. The zero-order valence-electron chi connectivity index (χ0n) is 17.5. The second-order valence-corrected chi connectivity index (χ2v) is 8.26. The highest BCUT2D eigenvalue weighted by Gasteiger charge is 2.21. The van der Waals surface area contributed by atoms with E-state index in [0.29, 0.717) is 27.6 Å². The monoisotopic (exact) mass is 451 g/mol. The minimum atomic E-state index is -0.405. The molecule has 10 heteroatoms. The van der Waals surface area contributed by atoms with E-state index < -0.39 is 5.91 Å². The lowest BCUT2D eigenvalue weighted by molar-refractivity contribution is -0.133. The lowest BCUT2D eigenvalue weighted by Gasteiger charge is -2.26. The second kappa shape index (κ2) is 9.15. The fraction of sp³-hybridized carbons (Fsp3) is 0.227. The highest BCUT2D eigenvalue weighted by molar-refractivity contribution is 7.14. The van der Waals surface area contributed by atoms with Gasteiger partial charge in [-0.15, -0.1) is 11.3 Å². The van der Waals surface area contributed by atoms with E-state index >= 15 is 0 Å². The van der Waals surface area contributed by atoms with E-state index in [1.807, 2.05) is 19.9 Å². The molecular weight excluding hydrogens is 430 g/mol. The molecule has 0 aliphatic heterocycles.